The van der Waals surface area contributed by atoms with Crippen LogP contribution in [0.25, 0.3) is 15.7 Å². The van der Waals surface area contributed by atoms with Crippen LogP contribution in [-0.2, 0) is 17.9 Å². The van der Waals surface area contributed by atoms with Crippen molar-refractivity contribution >= 4 is 28.2 Å². The highest BCUT2D eigenvalue weighted by Crippen LogP contribution is 2.35. The van der Waals surface area contributed by atoms with Crippen LogP contribution in [0.5, 0.6) is 11.6 Å². The standard InChI is InChI=1S/C25H20N6O2/c1-26-19-7-5-16-11-22(19)33-23-8-6-17-3-2-4-21(24(17)29-23)31-10-9-20(25(31)32)28-13-18-12-27-15-30(18)14-16/h2-8,11-12,15,20,28H,9-10,13-14H2/t20-/m1/s1. The largest absolute Gasteiger partial charge is 0.450 e. The maximum absolute atomic E-state index is 13.2. The van der Waals surface area contributed by atoms with E-state index in [1.807, 2.05) is 47.2 Å². The minimum absolute atomic E-state index is 0.0364. The maximum Gasteiger partial charge on any atom is 0.244 e. The molecule has 2 aliphatic heterocycles. The van der Waals surface area contributed by atoms with E-state index in [1.54, 1.807) is 23.4 Å². The summed E-state index contributed by atoms with van der Waals surface area (Å²) in [6.07, 6.45) is 4.31. The van der Waals surface area contributed by atoms with Crippen molar-refractivity contribution in [2.75, 3.05) is 11.4 Å². The van der Waals surface area contributed by atoms with Gasteiger partial charge in [-0.25, -0.2) is 14.8 Å². The summed E-state index contributed by atoms with van der Waals surface area (Å²) in [6.45, 7) is 9.27. The van der Waals surface area contributed by atoms with Crippen molar-refractivity contribution in [2.45, 2.75) is 25.6 Å². The number of pyridine rings is 1. The number of anilines is 1. The minimum atomic E-state index is -0.263. The van der Waals surface area contributed by atoms with Gasteiger partial charge in [-0.05, 0) is 30.2 Å². The zero-order valence-electron chi connectivity index (χ0n) is 17.7. The fraction of sp³-hybridized carbons (Fsp3) is 0.200. The third kappa shape index (κ3) is 3.39. The molecule has 6 rings (SSSR count). The molecule has 0 aliphatic carbocycles. The van der Waals surface area contributed by atoms with Crippen LogP contribution < -0.4 is 15.0 Å². The number of carbonyl (C=O) groups is 1. The van der Waals surface area contributed by atoms with E-state index in [0.29, 0.717) is 48.9 Å². The molecule has 1 fully saturated rings. The van der Waals surface area contributed by atoms with Crippen molar-refractivity contribution in [1.29, 1.82) is 0 Å². The first-order valence-corrected chi connectivity index (χ1v) is 10.8. The Kier molecular flexibility index (Phi) is 4.56. The Morgan fingerprint density at radius 2 is 2.12 bits per heavy atom. The van der Waals surface area contributed by atoms with E-state index in [4.69, 9.17) is 16.3 Å². The Labute approximate surface area is 190 Å². The summed E-state index contributed by atoms with van der Waals surface area (Å²) in [5.41, 5.74) is 3.85. The van der Waals surface area contributed by atoms with Gasteiger partial charge in [0.05, 0.1) is 35.8 Å². The second-order valence-corrected chi connectivity index (χ2v) is 8.24. The number of aromatic nitrogens is 3. The minimum Gasteiger partial charge on any atom is -0.450 e. The molecule has 4 heterocycles. The molecular formula is C25H20N6O2. The quantitative estimate of drug-likeness (QED) is 0.421. The van der Waals surface area contributed by atoms with Crippen LogP contribution in [0.4, 0.5) is 11.4 Å². The van der Waals surface area contributed by atoms with Gasteiger partial charge in [0, 0.05) is 37.3 Å². The zero-order chi connectivity index (χ0) is 22.4. The number of hydrogen-bond donors (Lipinski definition) is 1. The molecule has 33 heavy (non-hydrogen) atoms. The molecule has 4 aromatic rings. The molecular weight excluding hydrogens is 416 g/mol. The molecule has 2 aliphatic rings. The second-order valence-electron chi connectivity index (χ2n) is 8.24. The van der Waals surface area contributed by atoms with Crippen molar-refractivity contribution in [3.63, 3.8) is 0 Å². The number of hydrogen-bond acceptors (Lipinski definition) is 5. The van der Waals surface area contributed by atoms with Crippen LogP contribution in [-0.4, -0.2) is 33.0 Å². The van der Waals surface area contributed by atoms with Gasteiger partial charge in [0.1, 0.15) is 5.75 Å². The van der Waals surface area contributed by atoms with Crippen molar-refractivity contribution in [3.05, 3.63) is 83.7 Å². The molecule has 1 atom stereocenters. The lowest BCUT2D eigenvalue weighted by atomic mass is 10.1. The van der Waals surface area contributed by atoms with Crippen molar-refractivity contribution < 1.29 is 9.53 Å². The summed E-state index contributed by atoms with van der Waals surface area (Å²) in [5, 5.41) is 4.34. The predicted molar refractivity (Wildman–Crippen MR) is 123 cm³/mol. The van der Waals surface area contributed by atoms with Gasteiger partial charge >= 0.3 is 0 Å². The smallest absolute Gasteiger partial charge is 0.244 e. The van der Waals surface area contributed by atoms with Gasteiger partial charge in [-0.1, -0.05) is 24.3 Å². The number of rotatable bonds is 0. The average molecular weight is 436 g/mol. The lowest BCUT2D eigenvalue weighted by Crippen LogP contribution is -2.38. The van der Waals surface area contributed by atoms with Gasteiger partial charge in [0.25, 0.3) is 0 Å². The topological polar surface area (TPSA) is 76.6 Å². The number of nitrogens with one attached hydrogen (secondary N) is 1. The zero-order valence-corrected chi connectivity index (χ0v) is 17.7. The van der Waals surface area contributed by atoms with E-state index in [1.165, 1.54) is 0 Å². The highest BCUT2D eigenvalue weighted by Gasteiger charge is 2.33. The maximum atomic E-state index is 13.2. The number of ether oxygens (including phenoxy) is 1. The molecule has 1 amide bonds. The Hall–Kier alpha value is -4.22. The van der Waals surface area contributed by atoms with Crippen LogP contribution in [0.15, 0.2) is 61.1 Å². The average Bonchev–Trinajstić information content (AvgIpc) is 3.43. The summed E-state index contributed by atoms with van der Waals surface area (Å²) in [7, 11) is 0. The fourth-order valence-corrected chi connectivity index (χ4v) is 4.50. The van der Waals surface area contributed by atoms with Crippen LogP contribution in [0.3, 0.4) is 0 Å². The lowest BCUT2D eigenvalue weighted by Gasteiger charge is -2.20. The molecule has 2 aromatic carbocycles. The number of para-hydroxylation sites is 1. The number of fused-ring (bicyclic) bond motifs is 7. The van der Waals surface area contributed by atoms with Gasteiger partial charge in [0.15, 0.2) is 0 Å². The molecule has 0 unspecified atom stereocenters. The molecule has 162 valence electrons. The van der Waals surface area contributed by atoms with E-state index >= 15 is 0 Å². The normalized spacial score (nSPS) is 17.6. The number of nitrogens with zero attached hydrogens (tertiary/aromatic N) is 5. The first kappa shape index (κ1) is 19.5. The van der Waals surface area contributed by atoms with Gasteiger partial charge in [-0.15, -0.1) is 0 Å². The number of benzene rings is 2. The molecule has 6 bridgehead atoms. The monoisotopic (exact) mass is 436 g/mol. The molecule has 1 saturated heterocycles. The first-order chi connectivity index (χ1) is 16.2. The Bertz CT molecular complexity index is 1440. The Balaban J connectivity index is 1.51. The molecule has 1 N–H and O–H groups in total. The predicted octanol–water partition coefficient (Wildman–Crippen LogP) is 4.03. The van der Waals surface area contributed by atoms with Crippen LogP contribution in [0.2, 0.25) is 0 Å². The highest BCUT2D eigenvalue weighted by atomic mass is 16.5. The van der Waals surface area contributed by atoms with Crippen LogP contribution in [0, 0.1) is 6.57 Å². The number of amides is 1. The molecule has 2 aromatic heterocycles. The molecule has 0 spiro atoms. The summed E-state index contributed by atoms with van der Waals surface area (Å²) in [5.74, 6) is 0.874. The molecule has 8 nitrogen and oxygen atoms in total. The summed E-state index contributed by atoms with van der Waals surface area (Å²) in [6, 6.07) is 14.9. The molecule has 0 radical (unpaired) electrons. The van der Waals surface area contributed by atoms with Gasteiger partial charge < -0.3 is 19.5 Å². The van der Waals surface area contributed by atoms with E-state index in [0.717, 1.165) is 22.3 Å². The highest BCUT2D eigenvalue weighted by molar-refractivity contribution is 6.05. The third-order valence-electron chi connectivity index (χ3n) is 6.21. The molecule has 0 saturated carbocycles. The first-order valence-electron chi connectivity index (χ1n) is 10.8. The number of carbonyl (C=O) groups excluding carboxylic acids is 1. The van der Waals surface area contributed by atoms with Crippen LogP contribution >= 0.6 is 0 Å². The lowest BCUT2D eigenvalue weighted by molar-refractivity contribution is -0.118. The number of imidazole rings is 1. The summed E-state index contributed by atoms with van der Waals surface area (Å²) < 4.78 is 8.15. The SMILES string of the molecule is [C-]#[N+]c1ccc2cc1Oc1ccc3cccc(c3n1)N1CC[C@@H](NCc3cncn3C2)C1=O. The summed E-state index contributed by atoms with van der Waals surface area (Å²) >= 11 is 0. The van der Waals surface area contributed by atoms with Gasteiger partial charge in [-0.3, -0.25) is 4.79 Å². The van der Waals surface area contributed by atoms with Gasteiger partial charge in [0.2, 0.25) is 17.5 Å². The van der Waals surface area contributed by atoms with E-state index < -0.39 is 0 Å². The Morgan fingerprint density at radius 3 is 3.03 bits per heavy atom. The van der Waals surface area contributed by atoms with E-state index in [2.05, 4.69) is 15.1 Å². The van der Waals surface area contributed by atoms with Crippen molar-refractivity contribution in [3.8, 4) is 11.6 Å². The van der Waals surface area contributed by atoms with E-state index in [9.17, 15) is 4.79 Å². The second kappa shape index (κ2) is 7.73. The third-order valence-corrected chi connectivity index (χ3v) is 6.21. The van der Waals surface area contributed by atoms with E-state index in [-0.39, 0.29) is 11.9 Å². The van der Waals surface area contributed by atoms with Gasteiger partial charge in [-0.2, -0.15) is 0 Å². The molecule has 8 heteroatoms. The summed E-state index contributed by atoms with van der Waals surface area (Å²) in [4.78, 5) is 27.7. The van der Waals surface area contributed by atoms with Crippen molar-refractivity contribution in [1.82, 2.24) is 19.9 Å². The fourth-order valence-electron chi connectivity index (χ4n) is 4.50. The Morgan fingerprint density at radius 1 is 1.18 bits per heavy atom. The van der Waals surface area contributed by atoms with Crippen molar-refractivity contribution in [2.24, 2.45) is 0 Å². The van der Waals surface area contributed by atoms with Crippen LogP contribution in [0.1, 0.15) is 17.7 Å².